The molecule has 1 aliphatic heterocycles. The molecule has 0 aromatic heterocycles. The maximum atomic E-state index is 5.30. The largest absolute Gasteiger partial charge is 0.379 e. The Labute approximate surface area is 61.3 Å². The molecule has 1 saturated heterocycles. The first-order valence-electron chi connectivity index (χ1n) is 3.62. The maximum absolute atomic E-state index is 5.30. The van der Waals surface area contributed by atoms with Gasteiger partial charge in [0, 0.05) is 6.61 Å². The zero-order chi connectivity index (χ0) is 7.45. The molecule has 0 saturated carbocycles. The van der Waals surface area contributed by atoms with Crippen molar-refractivity contribution < 1.29 is 14.2 Å². The van der Waals surface area contributed by atoms with E-state index in [1.807, 2.05) is 13.8 Å². The van der Waals surface area contributed by atoms with Crippen LogP contribution < -0.4 is 0 Å². The molecule has 0 aromatic carbocycles. The van der Waals surface area contributed by atoms with E-state index in [0.29, 0.717) is 13.2 Å². The van der Waals surface area contributed by atoms with Gasteiger partial charge in [-0.2, -0.15) is 0 Å². The summed E-state index contributed by atoms with van der Waals surface area (Å²) in [4.78, 5) is 0. The summed E-state index contributed by atoms with van der Waals surface area (Å²) in [7, 11) is 0. The summed E-state index contributed by atoms with van der Waals surface area (Å²) in [5, 5.41) is 0. The minimum absolute atomic E-state index is 0.281. The second-order valence-corrected chi connectivity index (χ2v) is 2.47. The predicted octanol–water partition coefficient (Wildman–Crippen LogP) is 0.786. The second kappa shape index (κ2) is 3.32. The summed E-state index contributed by atoms with van der Waals surface area (Å²) >= 11 is 0. The monoisotopic (exact) mass is 146 g/mol. The maximum Gasteiger partial charge on any atom is 0.189 e. The van der Waals surface area contributed by atoms with Crippen LogP contribution in [0.4, 0.5) is 0 Å². The summed E-state index contributed by atoms with van der Waals surface area (Å²) in [6.07, 6.45) is 0. The Hall–Kier alpha value is -0.120. The van der Waals surface area contributed by atoms with Crippen LogP contribution in [0.25, 0.3) is 0 Å². The fourth-order valence-corrected chi connectivity index (χ4v) is 0.646. The first-order chi connectivity index (χ1) is 4.77. The van der Waals surface area contributed by atoms with Crippen LogP contribution in [0.15, 0.2) is 0 Å². The Balaban J connectivity index is 1.86. The lowest BCUT2D eigenvalue weighted by molar-refractivity contribution is -0.0525. The molecule has 0 spiro atoms. The second-order valence-electron chi connectivity index (χ2n) is 2.47. The molecule has 1 heterocycles. The van der Waals surface area contributed by atoms with Gasteiger partial charge in [-0.05, 0) is 13.8 Å². The minimum Gasteiger partial charge on any atom is -0.379 e. The van der Waals surface area contributed by atoms with Gasteiger partial charge in [-0.15, -0.1) is 0 Å². The molecule has 0 bridgehead atoms. The third-order valence-electron chi connectivity index (χ3n) is 1.39. The molecule has 1 unspecified atom stereocenters. The van der Waals surface area contributed by atoms with Gasteiger partial charge in [-0.25, -0.2) is 0 Å². The number of rotatable bonds is 5. The summed E-state index contributed by atoms with van der Waals surface area (Å²) in [6.45, 7) is 6.66. The van der Waals surface area contributed by atoms with Crippen molar-refractivity contribution in [3.05, 3.63) is 0 Å². The molecule has 3 nitrogen and oxygen atoms in total. The smallest absolute Gasteiger partial charge is 0.189 e. The van der Waals surface area contributed by atoms with E-state index in [1.165, 1.54) is 0 Å². The van der Waals surface area contributed by atoms with Crippen LogP contribution >= 0.6 is 0 Å². The number of hydrogen-bond acceptors (Lipinski definition) is 3. The van der Waals surface area contributed by atoms with E-state index in [2.05, 4.69) is 0 Å². The molecule has 0 radical (unpaired) electrons. The Kier molecular flexibility index (Phi) is 2.65. The summed E-state index contributed by atoms with van der Waals surface area (Å²) in [5.74, 6) is -0.281. The summed E-state index contributed by atoms with van der Waals surface area (Å²) in [6, 6.07) is 0. The van der Waals surface area contributed by atoms with E-state index >= 15 is 0 Å². The zero-order valence-electron chi connectivity index (χ0n) is 6.55. The Morgan fingerprint density at radius 2 is 2.20 bits per heavy atom. The van der Waals surface area contributed by atoms with E-state index < -0.39 is 0 Å². The first-order valence-corrected chi connectivity index (χ1v) is 3.62. The van der Waals surface area contributed by atoms with Crippen LogP contribution in [0.2, 0.25) is 0 Å². The van der Waals surface area contributed by atoms with Crippen molar-refractivity contribution in [3.8, 4) is 0 Å². The highest BCUT2D eigenvalue weighted by atomic mass is 16.8. The standard InChI is InChI=1S/C7H14O3/c1-3-8-4-5-9-7(2)6-10-7/h3-6H2,1-2H3. The highest BCUT2D eigenvalue weighted by Crippen LogP contribution is 2.26. The van der Waals surface area contributed by atoms with Gasteiger partial charge in [-0.1, -0.05) is 0 Å². The molecule has 60 valence electrons. The van der Waals surface area contributed by atoms with Crippen LogP contribution in [0.1, 0.15) is 13.8 Å². The number of ether oxygens (including phenoxy) is 3. The first kappa shape index (κ1) is 7.98. The van der Waals surface area contributed by atoms with Gasteiger partial charge >= 0.3 is 0 Å². The van der Waals surface area contributed by atoms with Gasteiger partial charge in [0.05, 0.1) is 13.2 Å². The van der Waals surface area contributed by atoms with Gasteiger partial charge in [0.2, 0.25) is 0 Å². The van der Waals surface area contributed by atoms with Gasteiger partial charge in [0.25, 0.3) is 0 Å². The molecule has 10 heavy (non-hydrogen) atoms. The lowest BCUT2D eigenvalue weighted by Crippen LogP contribution is -2.14. The van der Waals surface area contributed by atoms with Crippen molar-refractivity contribution in [2.24, 2.45) is 0 Å². The molecule has 1 fully saturated rings. The Bertz CT molecular complexity index is 99.0. The topological polar surface area (TPSA) is 31.0 Å². The van der Waals surface area contributed by atoms with Gasteiger partial charge in [-0.3, -0.25) is 0 Å². The Morgan fingerprint density at radius 1 is 1.50 bits per heavy atom. The number of epoxide rings is 1. The molecular weight excluding hydrogens is 132 g/mol. The van der Waals surface area contributed by atoms with E-state index in [-0.39, 0.29) is 5.79 Å². The summed E-state index contributed by atoms with van der Waals surface area (Å²) in [5.41, 5.74) is 0. The van der Waals surface area contributed by atoms with Gasteiger partial charge in [0.15, 0.2) is 5.79 Å². The van der Waals surface area contributed by atoms with E-state index in [0.717, 1.165) is 13.2 Å². The SMILES string of the molecule is CCOCCOC1(C)CO1. The van der Waals surface area contributed by atoms with Crippen LogP contribution in [0.3, 0.4) is 0 Å². The lowest BCUT2D eigenvalue weighted by atomic mass is 10.5. The number of hydrogen-bond donors (Lipinski definition) is 0. The molecule has 0 aromatic rings. The van der Waals surface area contributed by atoms with Crippen molar-refractivity contribution >= 4 is 0 Å². The van der Waals surface area contributed by atoms with Crippen molar-refractivity contribution in [2.75, 3.05) is 26.4 Å². The molecule has 0 aliphatic carbocycles. The van der Waals surface area contributed by atoms with Crippen LogP contribution in [-0.4, -0.2) is 32.2 Å². The highest BCUT2D eigenvalue weighted by Gasteiger charge is 2.40. The third-order valence-corrected chi connectivity index (χ3v) is 1.39. The average Bonchev–Trinajstić information content (AvgIpc) is 2.62. The Morgan fingerprint density at radius 3 is 2.70 bits per heavy atom. The molecule has 0 amide bonds. The fourth-order valence-electron chi connectivity index (χ4n) is 0.646. The van der Waals surface area contributed by atoms with Crippen molar-refractivity contribution in [1.82, 2.24) is 0 Å². The van der Waals surface area contributed by atoms with Gasteiger partial charge in [0.1, 0.15) is 6.61 Å². The average molecular weight is 146 g/mol. The molecule has 0 N–H and O–H groups in total. The quantitative estimate of drug-likeness (QED) is 0.424. The fraction of sp³-hybridized carbons (Fsp3) is 1.00. The van der Waals surface area contributed by atoms with Crippen molar-refractivity contribution in [3.63, 3.8) is 0 Å². The van der Waals surface area contributed by atoms with Crippen LogP contribution in [0, 0.1) is 0 Å². The van der Waals surface area contributed by atoms with Gasteiger partial charge < -0.3 is 14.2 Å². The summed E-state index contributed by atoms with van der Waals surface area (Å²) < 4.78 is 15.4. The molecular formula is C7H14O3. The molecule has 1 rings (SSSR count). The molecule has 3 heteroatoms. The zero-order valence-corrected chi connectivity index (χ0v) is 6.55. The van der Waals surface area contributed by atoms with Crippen LogP contribution in [-0.2, 0) is 14.2 Å². The van der Waals surface area contributed by atoms with E-state index in [9.17, 15) is 0 Å². The predicted molar refractivity (Wildman–Crippen MR) is 36.8 cm³/mol. The lowest BCUT2D eigenvalue weighted by Gasteiger charge is -2.06. The van der Waals surface area contributed by atoms with E-state index in [4.69, 9.17) is 14.2 Å². The van der Waals surface area contributed by atoms with Crippen molar-refractivity contribution in [2.45, 2.75) is 19.6 Å². The van der Waals surface area contributed by atoms with E-state index in [1.54, 1.807) is 0 Å². The molecule has 1 aliphatic rings. The van der Waals surface area contributed by atoms with Crippen LogP contribution in [0.5, 0.6) is 0 Å². The highest BCUT2D eigenvalue weighted by molar-refractivity contribution is 4.74. The molecule has 1 atom stereocenters. The minimum atomic E-state index is -0.281. The normalized spacial score (nSPS) is 30.6. The van der Waals surface area contributed by atoms with Crippen molar-refractivity contribution in [1.29, 1.82) is 0 Å². The third kappa shape index (κ3) is 2.64.